The highest BCUT2D eigenvalue weighted by atomic mass is 16.5. The van der Waals surface area contributed by atoms with Gasteiger partial charge in [-0.25, -0.2) is 0 Å². The first-order chi connectivity index (χ1) is 9.31. The maximum Gasteiger partial charge on any atom is 0.127 e. The standard InChI is InChI=1S/C18H22O/c1-3-5-15-7-11-17(12-8-15)19-18-13-9-16(6-4-2)10-14-18/h7-14H,3-6H2,1-2H3. The van der Waals surface area contributed by atoms with E-state index >= 15 is 0 Å². The molecular weight excluding hydrogens is 232 g/mol. The zero-order valence-corrected chi connectivity index (χ0v) is 11.9. The fraction of sp³-hybridized carbons (Fsp3) is 0.333. The molecule has 0 amide bonds. The van der Waals surface area contributed by atoms with E-state index in [0.717, 1.165) is 24.3 Å². The predicted molar refractivity (Wildman–Crippen MR) is 80.9 cm³/mol. The number of benzene rings is 2. The minimum absolute atomic E-state index is 0.906. The quantitative estimate of drug-likeness (QED) is 0.672. The SMILES string of the molecule is CCCc1ccc(Oc2ccc(CCC)cc2)cc1. The molecule has 0 spiro atoms. The summed E-state index contributed by atoms with van der Waals surface area (Å²) in [6, 6.07) is 16.8. The molecule has 100 valence electrons. The molecule has 0 aliphatic carbocycles. The van der Waals surface area contributed by atoms with E-state index in [-0.39, 0.29) is 0 Å². The number of hydrogen-bond acceptors (Lipinski definition) is 1. The van der Waals surface area contributed by atoms with Crippen LogP contribution in [0.15, 0.2) is 48.5 Å². The second-order valence-electron chi connectivity index (χ2n) is 4.89. The van der Waals surface area contributed by atoms with Gasteiger partial charge in [-0.3, -0.25) is 0 Å². The highest BCUT2D eigenvalue weighted by Gasteiger charge is 1.98. The van der Waals surface area contributed by atoms with Crippen molar-refractivity contribution in [2.45, 2.75) is 39.5 Å². The van der Waals surface area contributed by atoms with Crippen molar-refractivity contribution < 1.29 is 4.74 Å². The van der Waals surface area contributed by atoms with E-state index in [0.29, 0.717) is 0 Å². The summed E-state index contributed by atoms with van der Waals surface area (Å²) in [5.74, 6) is 1.81. The van der Waals surface area contributed by atoms with Crippen LogP contribution in [-0.2, 0) is 12.8 Å². The molecule has 0 radical (unpaired) electrons. The van der Waals surface area contributed by atoms with Crippen LogP contribution < -0.4 is 4.74 Å². The van der Waals surface area contributed by atoms with Gasteiger partial charge in [0, 0.05) is 0 Å². The van der Waals surface area contributed by atoms with Crippen LogP contribution in [-0.4, -0.2) is 0 Å². The molecular formula is C18H22O. The van der Waals surface area contributed by atoms with E-state index in [1.807, 2.05) is 24.3 Å². The van der Waals surface area contributed by atoms with Crippen LogP contribution in [0.4, 0.5) is 0 Å². The van der Waals surface area contributed by atoms with E-state index in [1.165, 1.54) is 24.0 Å². The molecule has 0 aliphatic heterocycles. The topological polar surface area (TPSA) is 9.23 Å². The fourth-order valence-electron chi connectivity index (χ4n) is 2.16. The molecule has 19 heavy (non-hydrogen) atoms. The average molecular weight is 254 g/mol. The number of hydrogen-bond donors (Lipinski definition) is 0. The highest BCUT2D eigenvalue weighted by Crippen LogP contribution is 2.22. The molecule has 1 heteroatoms. The minimum Gasteiger partial charge on any atom is -0.457 e. The van der Waals surface area contributed by atoms with Crippen molar-refractivity contribution in [3.05, 3.63) is 59.7 Å². The van der Waals surface area contributed by atoms with Crippen molar-refractivity contribution in [1.29, 1.82) is 0 Å². The first kappa shape index (κ1) is 13.7. The smallest absolute Gasteiger partial charge is 0.127 e. The Kier molecular flexibility index (Phi) is 5.02. The van der Waals surface area contributed by atoms with Crippen molar-refractivity contribution in [2.24, 2.45) is 0 Å². The summed E-state index contributed by atoms with van der Waals surface area (Å²) < 4.78 is 5.84. The molecule has 0 saturated carbocycles. The number of aryl methyl sites for hydroxylation is 2. The van der Waals surface area contributed by atoms with E-state index < -0.39 is 0 Å². The molecule has 0 atom stereocenters. The van der Waals surface area contributed by atoms with Gasteiger partial charge in [0.25, 0.3) is 0 Å². The number of ether oxygens (including phenoxy) is 1. The molecule has 0 aromatic heterocycles. The molecule has 0 fully saturated rings. The van der Waals surface area contributed by atoms with Gasteiger partial charge in [-0.15, -0.1) is 0 Å². The second kappa shape index (κ2) is 6.98. The van der Waals surface area contributed by atoms with Crippen LogP contribution in [0, 0.1) is 0 Å². The Bertz CT molecular complexity index is 435. The lowest BCUT2D eigenvalue weighted by Gasteiger charge is -2.07. The van der Waals surface area contributed by atoms with Crippen molar-refractivity contribution in [3.63, 3.8) is 0 Å². The maximum absolute atomic E-state index is 5.84. The van der Waals surface area contributed by atoms with Crippen LogP contribution in [0.5, 0.6) is 11.5 Å². The average Bonchev–Trinajstić information content (AvgIpc) is 2.44. The monoisotopic (exact) mass is 254 g/mol. The molecule has 2 aromatic carbocycles. The molecule has 0 saturated heterocycles. The lowest BCUT2D eigenvalue weighted by Crippen LogP contribution is -1.87. The molecule has 1 nitrogen and oxygen atoms in total. The lowest BCUT2D eigenvalue weighted by atomic mass is 10.1. The lowest BCUT2D eigenvalue weighted by molar-refractivity contribution is 0.482. The first-order valence-corrected chi connectivity index (χ1v) is 7.17. The van der Waals surface area contributed by atoms with Crippen molar-refractivity contribution in [1.82, 2.24) is 0 Å². The van der Waals surface area contributed by atoms with E-state index in [4.69, 9.17) is 4.74 Å². The zero-order valence-electron chi connectivity index (χ0n) is 11.9. The van der Waals surface area contributed by atoms with Crippen molar-refractivity contribution in [3.8, 4) is 11.5 Å². The third-order valence-corrected chi connectivity index (χ3v) is 3.16. The summed E-state index contributed by atoms with van der Waals surface area (Å²) in [6.07, 6.45) is 4.62. The third-order valence-electron chi connectivity index (χ3n) is 3.16. The number of rotatable bonds is 6. The van der Waals surface area contributed by atoms with Crippen molar-refractivity contribution >= 4 is 0 Å². The molecule has 0 N–H and O–H groups in total. The molecule has 2 aromatic rings. The van der Waals surface area contributed by atoms with Crippen LogP contribution in [0.3, 0.4) is 0 Å². The Balaban J connectivity index is 1.99. The maximum atomic E-state index is 5.84. The van der Waals surface area contributed by atoms with Crippen LogP contribution >= 0.6 is 0 Å². The van der Waals surface area contributed by atoms with E-state index in [1.54, 1.807) is 0 Å². The summed E-state index contributed by atoms with van der Waals surface area (Å²) in [5, 5.41) is 0. The minimum atomic E-state index is 0.906. The van der Waals surface area contributed by atoms with Gasteiger partial charge in [0.2, 0.25) is 0 Å². The van der Waals surface area contributed by atoms with Crippen LogP contribution in [0.2, 0.25) is 0 Å². The fourth-order valence-corrected chi connectivity index (χ4v) is 2.16. The Labute approximate surface area is 116 Å². The zero-order chi connectivity index (χ0) is 13.5. The van der Waals surface area contributed by atoms with Crippen molar-refractivity contribution in [2.75, 3.05) is 0 Å². The second-order valence-corrected chi connectivity index (χ2v) is 4.89. The largest absolute Gasteiger partial charge is 0.457 e. The van der Waals surface area contributed by atoms with Crippen LogP contribution in [0.25, 0.3) is 0 Å². The van der Waals surface area contributed by atoms with Gasteiger partial charge in [0.05, 0.1) is 0 Å². The highest BCUT2D eigenvalue weighted by molar-refractivity contribution is 5.34. The Morgan fingerprint density at radius 3 is 1.32 bits per heavy atom. The Hall–Kier alpha value is -1.76. The summed E-state index contributed by atoms with van der Waals surface area (Å²) >= 11 is 0. The van der Waals surface area contributed by atoms with Gasteiger partial charge in [0.1, 0.15) is 11.5 Å². The van der Waals surface area contributed by atoms with Gasteiger partial charge in [-0.1, -0.05) is 51.0 Å². The Morgan fingerprint density at radius 1 is 0.632 bits per heavy atom. The van der Waals surface area contributed by atoms with Gasteiger partial charge in [-0.2, -0.15) is 0 Å². The first-order valence-electron chi connectivity index (χ1n) is 7.17. The van der Waals surface area contributed by atoms with Gasteiger partial charge < -0.3 is 4.74 Å². The summed E-state index contributed by atoms with van der Waals surface area (Å²) in [4.78, 5) is 0. The van der Waals surface area contributed by atoms with E-state index in [2.05, 4.69) is 38.1 Å². The molecule has 0 aliphatic rings. The normalized spacial score (nSPS) is 10.4. The predicted octanol–water partition coefficient (Wildman–Crippen LogP) is 5.38. The van der Waals surface area contributed by atoms with Gasteiger partial charge >= 0.3 is 0 Å². The third kappa shape index (κ3) is 4.13. The molecule has 2 rings (SSSR count). The molecule has 0 heterocycles. The summed E-state index contributed by atoms with van der Waals surface area (Å²) in [5.41, 5.74) is 2.74. The molecule has 0 unspecified atom stereocenters. The van der Waals surface area contributed by atoms with Crippen LogP contribution in [0.1, 0.15) is 37.8 Å². The van der Waals surface area contributed by atoms with E-state index in [9.17, 15) is 0 Å². The summed E-state index contributed by atoms with van der Waals surface area (Å²) in [6.45, 7) is 4.39. The van der Waals surface area contributed by atoms with Gasteiger partial charge in [0.15, 0.2) is 0 Å². The summed E-state index contributed by atoms with van der Waals surface area (Å²) in [7, 11) is 0. The molecule has 0 bridgehead atoms. The van der Waals surface area contributed by atoms with Gasteiger partial charge in [-0.05, 0) is 48.2 Å². The Morgan fingerprint density at radius 2 is 1.00 bits per heavy atom.